The molecular weight excluding hydrogens is 319 g/mol. The van der Waals surface area contributed by atoms with Gasteiger partial charge in [-0.25, -0.2) is 0 Å². The normalized spacial score (nSPS) is 10.4. The quantitative estimate of drug-likeness (QED) is 0.662. The molecule has 1 heterocycles. The molecule has 0 radical (unpaired) electrons. The average molecular weight is 331 g/mol. The molecule has 0 aliphatic heterocycles. The lowest BCUT2D eigenvalue weighted by Crippen LogP contribution is -1.99. The number of aromatic nitrogens is 2. The molecule has 0 atom stereocenters. The number of halogens is 2. The Kier molecular flexibility index (Phi) is 4.39. The van der Waals surface area contributed by atoms with Gasteiger partial charge in [-0.05, 0) is 31.2 Å². The summed E-state index contributed by atoms with van der Waals surface area (Å²) in [7, 11) is 0. The summed E-state index contributed by atoms with van der Waals surface area (Å²) in [5.41, 5.74) is 0.692. The molecule has 0 saturated carbocycles. The van der Waals surface area contributed by atoms with Crippen molar-refractivity contribution in [3.8, 4) is 23.3 Å². The number of ether oxygens (including phenoxy) is 2. The third kappa shape index (κ3) is 3.40. The zero-order chi connectivity index (χ0) is 16.2. The molecule has 0 aliphatic carbocycles. The van der Waals surface area contributed by atoms with E-state index >= 15 is 0 Å². The van der Waals surface area contributed by atoms with Crippen LogP contribution in [-0.4, -0.2) is 9.97 Å². The Hall–Kier alpha value is -2.66. The first-order chi connectivity index (χ1) is 11.1. The third-order valence-electron chi connectivity index (χ3n) is 3.11. The van der Waals surface area contributed by atoms with Gasteiger partial charge in [-0.1, -0.05) is 35.9 Å². The fourth-order valence-corrected chi connectivity index (χ4v) is 2.05. The Balaban J connectivity index is 1.89. The van der Waals surface area contributed by atoms with Gasteiger partial charge in [-0.2, -0.15) is 14.4 Å². The van der Waals surface area contributed by atoms with Crippen LogP contribution in [0, 0.1) is 12.7 Å². The highest BCUT2D eigenvalue weighted by molar-refractivity contribution is 6.31. The third-order valence-corrected chi connectivity index (χ3v) is 3.52. The molecule has 0 amide bonds. The summed E-state index contributed by atoms with van der Waals surface area (Å²) in [6.07, 6.45) is 1.18. The van der Waals surface area contributed by atoms with Crippen molar-refractivity contribution < 1.29 is 13.9 Å². The van der Waals surface area contributed by atoms with Crippen molar-refractivity contribution in [3.63, 3.8) is 0 Å². The predicted octanol–water partition coefficient (Wildman–Crippen LogP) is 5.16. The van der Waals surface area contributed by atoms with E-state index in [-0.39, 0.29) is 11.8 Å². The van der Waals surface area contributed by atoms with Crippen LogP contribution in [0.15, 0.2) is 54.9 Å². The van der Waals surface area contributed by atoms with Crippen molar-refractivity contribution in [1.82, 2.24) is 9.97 Å². The van der Waals surface area contributed by atoms with Crippen molar-refractivity contribution in [2.24, 2.45) is 0 Å². The molecule has 1 aromatic heterocycles. The van der Waals surface area contributed by atoms with Gasteiger partial charge in [0.05, 0.1) is 0 Å². The summed E-state index contributed by atoms with van der Waals surface area (Å²) >= 11 is 6.03. The second-order valence-corrected chi connectivity index (χ2v) is 5.09. The highest BCUT2D eigenvalue weighted by atomic mass is 35.5. The summed E-state index contributed by atoms with van der Waals surface area (Å²) in [6, 6.07) is 13.9. The Morgan fingerprint density at radius 2 is 1.61 bits per heavy atom. The van der Waals surface area contributed by atoms with Crippen LogP contribution >= 0.6 is 11.6 Å². The lowest BCUT2D eigenvalue weighted by molar-refractivity contribution is 0.375. The van der Waals surface area contributed by atoms with Gasteiger partial charge in [0.2, 0.25) is 5.82 Å². The molecule has 3 rings (SSSR count). The van der Waals surface area contributed by atoms with E-state index in [1.54, 1.807) is 49.4 Å². The van der Waals surface area contributed by atoms with Crippen LogP contribution in [0.1, 0.15) is 5.56 Å². The summed E-state index contributed by atoms with van der Waals surface area (Å²) in [4.78, 5) is 7.62. The van der Waals surface area contributed by atoms with Gasteiger partial charge in [-0.3, -0.25) is 0 Å². The number of hydrogen-bond donors (Lipinski definition) is 0. The number of nitrogens with zero attached hydrogens (tertiary/aromatic N) is 2. The van der Waals surface area contributed by atoms with Gasteiger partial charge in [0, 0.05) is 10.6 Å². The molecule has 6 heteroatoms. The topological polar surface area (TPSA) is 44.2 Å². The monoisotopic (exact) mass is 330 g/mol. The first kappa shape index (κ1) is 15.2. The summed E-state index contributed by atoms with van der Waals surface area (Å²) in [5.74, 6) is -0.330. The van der Waals surface area contributed by atoms with Crippen molar-refractivity contribution in [3.05, 3.63) is 71.3 Å². The summed E-state index contributed by atoms with van der Waals surface area (Å²) < 4.78 is 25.4. The Morgan fingerprint density at radius 1 is 0.913 bits per heavy atom. The highest BCUT2D eigenvalue weighted by Crippen LogP contribution is 2.32. The van der Waals surface area contributed by atoms with Gasteiger partial charge in [-0.15, -0.1) is 0 Å². The molecule has 23 heavy (non-hydrogen) atoms. The van der Waals surface area contributed by atoms with Crippen LogP contribution in [0.3, 0.4) is 0 Å². The predicted molar refractivity (Wildman–Crippen MR) is 84.8 cm³/mol. The van der Waals surface area contributed by atoms with Gasteiger partial charge >= 0.3 is 0 Å². The smallest absolute Gasteiger partial charge is 0.263 e. The van der Waals surface area contributed by atoms with Crippen LogP contribution in [-0.2, 0) is 0 Å². The van der Waals surface area contributed by atoms with E-state index in [1.807, 2.05) is 6.07 Å². The first-order valence-electron chi connectivity index (χ1n) is 6.81. The minimum atomic E-state index is -0.782. The van der Waals surface area contributed by atoms with E-state index in [9.17, 15) is 4.39 Å². The maximum Gasteiger partial charge on any atom is 0.263 e. The summed E-state index contributed by atoms with van der Waals surface area (Å²) in [6.45, 7) is 1.78. The van der Waals surface area contributed by atoms with E-state index < -0.39 is 5.82 Å². The SMILES string of the molecule is Cc1c(Cl)cccc1Oc1ncnc(Oc2ccccc2)c1F. The fraction of sp³-hybridized carbons (Fsp3) is 0.0588. The maximum atomic E-state index is 14.5. The Morgan fingerprint density at radius 3 is 2.35 bits per heavy atom. The Labute approximate surface area is 137 Å². The lowest BCUT2D eigenvalue weighted by atomic mass is 10.2. The van der Waals surface area contributed by atoms with Crippen LogP contribution < -0.4 is 9.47 Å². The van der Waals surface area contributed by atoms with Crippen molar-refractivity contribution in [2.75, 3.05) is 0 Å². The van der Waals surface area contributed by atoms with Crippen LogP contribution in [0.5, 0.6) is 23.3 Å². The largest absolute Gasteiger partial charge is 0.436 e. The molecule has 0 saturated heterocycles. The van der Waals surface area contributed by atoms with E-state index in [4.69, 9.17) is 21.1 Å². The van der Waals surface area contributed by atoms with Gasteiger partial charge in [0.25, 0.3) is 11.8 Å². The second-order valence-electron chi connectivity index (χ2n) is 4.68. The van der Waals surface area contributed by atoms with Crippen LogP contribution in [0.2, 0.25) is 5.02 Å². The zero-order valence-corrected chi connectivity index (χ0v) is 12.9. The van der Waals surface area contributed by atoms with Crippen LogP contribution in [0.4, 0.5) is 4.39 Å². The molecule has 0 N–H and O–H groups in total. The lowest BCUT2D eigenvalue weighted by Gasteiger charge is -2.11. The minimum Gasteiger partial charge on any atom is -0.436 e. The van der Waals surface area contributed by atoms with E-state index in [0.29, 0.717) is 22.1 Å². The molecule has 2 aromatic carbocycles. The van der Waals surface area contributed by atoms with Crippen LogP contribution in [0.25, 0.3) is 0 Å². The molecule has 0 fully saturated rings. The van der Waals surface area contributed by atoms with E-state index in [1.165, 1.54) is 6.33 Å². The highest BCUT2D eigenvalue weighted by Gasteiger charge is 2.16. The van der Waals surface area contributed by atoms with Gasteiger partial charge in [0.15, 0.2) is 0 Å². The average Bonchev–Trinajstić information content (AvgIpc) is 2.56. The Bertz CT molecular complexity index is 828. The van der Waals surface area contributed by atoms with Crippen molar-refractivity contribution in [2.45, 2.75) is 6.92 Å². The number of benzene rings is 2. The molecule has 4 nitrogen and oxygen atoms in total. The zero-order valence-electron chi connectivity index (χ0n) is 12.2. The minimum absolute atomic E-state index is 0.208. The van der Waals surface area contributed by atoms with E-state index in [0.717, 1.165) is 0 Å². The number of hydrogen-bond acceptors (Lipinski definition) is 4. The molecular formula is C17H12ClFN2O2. The molecule has 0 bridgehead atoms. The van der Waals surface area contributed by atoms with Gasteiger partial charge in [0.1, 0.15) is 17.8 Å². The molecule has 3 aromatic rings. The summed E-state index contributed by atoms with van der Waals surface area (Å²) in [5, 5.41) is 0.526. The fourth-order valence-electron chi connectivity index (χ4n) is 1.88. The second kappa shape index (κ2) is 6.62. The van der Waals surface area contributed by atoms with Crippen molar-refractivity contribution >= 4 is 11.6 Å². The number of rotatable bonds is 4. The van der Waals surface area contributed by atoms with Gasteiger partial charge < -0.3 is 9.47 Å². The van der Waals surface area contributed by atoms with E-state index in [2.05, 4.69) is 9.97 Å². The maximum absolute atomic E-state index is 14.5. The standard InChI is InChI=1S/C17H12ClFN2O2/c1-11-13(18)8-5-9-14(11)23-17-15(19)16(20-10-21-17)22-12-6-3-2-4-7-12/h2-10H,1H3. The molecule has 0 unspecified atom stereocenters. The number of para-hydroxylation sites is 1. The van der Waals surface area contributed by atoms with Crippen molar-refractivity contribution in [1.29, 1.82) is 0 Å². The molecule has 0 aliphatic rings. The first-order valence-corrected chi connectivity index (χ1v) is 7.19. The molecule has 0 spiro atoms. The molecule has 116 valence electrons.